The minimum Gasteiger partial charge on any atom is -0.258 e. The molecule has 4 rings (SSSR count). The van der Waals surface area contributed by atoms with Crippen LogP contribution in [0.15, 0.2) is 76.9 Å². The van der Waals surface area contributed by atoms with Crippen molar-refractivity contribution < 1.29 is 14.2 Å². The number of hydrazone groups is 2. The van der Waals surface area contributed by atoms with Crippen molar-refractivity contribution in [3.8, 4) is 0 Å². The minimum atomic E-state index is -0.502. The summed E-state index contributed by atoms with van der Waals surface area (Å²) in [6.07, 6.45) is 2.86. The van der Waals surface area contributed by atoms with Gasteiger partial charge in [-0.2, -0.15) is 10.2 Å². The molecule has 0 aliphatic rings. The predicted octanol–water partition coefficient (Wildman–Crippen LogP) is 4.48. The summed E-state index contributed by atoms with van der Waals surface area (Å²) in [5.41, 5.74) is 7.23. The third kappa shape index (κ3) is 5.73. The van der Waals surface area contributed by atoms with Crippen LogP contribution >= 0.6 is 0 Å². The number of anilines is 2. The molecule has 3 aromatic carbocycles. The fourth-order valence-electron chi connectivity index (χ4n) is 2.88. The van der Waals surface area contributed by atoms with Crippen molar-refractivity contribution >= 4 is 46.5 Å². The Kier molecular flexibility index (Phi) is 6.58. The number of aromatic nitrogens is 2. The number of benzene rings is 3. The summed E-state index contributed by atoms with van der Waals surface area (Å²) in [6, 6.07) is 15.5. The quantitative estimate of drug-likeness (QED) is 0.215. The van der Waals surface area contributed by atoms with Crippen molar-refractivity contribution in [1.29, 1.82) is 0 Å². The molecule has 35 heavy (non-hydrogen) atoms. The van der Waals surface area contributed by atoms with Crippen LogP contribution in [0.5, 0.6) is 0 Å². The molecule has 0 radical (unpaired) electrons. The second kappa shape index (κ2) is 10.1. The van der Waals surface area contributed by atoms with E-state index in [2.05, 4.69) is 31.0 Å². The lowest BCUT2D eigenvalue weighted by atomic mass is 10.2. The highest BCUT2D eigenvalue weighted by molar-refractivity contribution is 5.84. The molecule has 0 aliphatic carbocycles. The first-order chi connectivity index (χ1) is 16.9. The zero-order chi connectivity index (χ0) is 24.8. The first-order valence-corrected chi connectivity index (χ1v) is 9.93. The molecule has 0 amide bonds. The number of halogens is 1. The highest BCUT2D eigenvalue weighted by Crippen LogP contribution is 2.22. The summed E-state index contributed by atoms with van der Waals surface area (Å²) in [7, 11) is 0. The average Bonchev–Trinajstić information content (AvgIpc) is 2.85. The molecular weight excluding hydrogens is 459 g/mol. The molecule has 0 bridgehead atoms. The lowest BCUT2D eigenvalue weighted by Gasteiger charge is -2.08. The van der Waals surface area contributed by atoms with E-state index in [0.717, 1.165) is 0 Å². The third-order valence-corrected chi connectivity index (χ3v) is 4.60. The Labute approximate surface area is 196 Å². The summed E-state index contributed by atoms with van der Waals surface area (Å²) in [5.74, 6) is -0.158. The Morgan fingerprint density at radius 2 is 1.17 bits per heavy atom. The maximum Gasteiger partial charge on any atom is 0.269 e. The number of nitro groups is 2. The molecule has 0 atom stereocenters. The molecular formula is C22H15FN8O4. The molecule has 2 N–H and O–H groups in total. The number of hydrogen-bond donors (Lipinski definition) is 2. The van der Waals surface area contributed by atoms with E-state index in [1.807, 2.05) is 0 Å². The summed E-state index contributed by atoms with van der Waals surface area (Å²) in [4.78, 5) is 29.3. The summed E-state index contributed by atoms with van der Waals surface area (Å²) >= 11 is 0. The van der Waals surface area contributed by atoms with E-state index in [0.29, 0.717) is 16.6 Å². The number of nitrogens with zero attached hydrogens (tertiary/aromatic N) is 6. The van der Waals surface area contributed by atoms with Gasteiger partial charge in [-0.15, -0.1) is 0 Å². The van der Waals surface area contributed by atoms with Gasteiger partial charge in [0.2, 0.25) is 0 Å². The topological polar surface area (TPSA) is 161 Å². The average molecular weight is 474 g/mol. The number of rotatable bonds is 8. The Balaban J connectivity index is 1.56. The SMILES string of the molecule is O=[N+]([O-])c1ccc(C=NNc2nc3ccc(F)cc3nc2NN=Cc2ccc([N+](=O)[O-])cc2)cc1. The highest BCUT2D eigenvalue weighted by atomic mass is 19.1. The Hall–Kier alpha value is -5.33. The second-order valence-electron chi connectivity index (χ2n) is 6.99. The lowest BCUT2D eigenvalue weighted by molar-refractivity contribution is -0.385. The van der Waals surface area contributed by atoms with E-state index >= 15 is 0 Å². The monoisotopic (exact) mass is 474 g/mol. The summed E-state index contributed by atoms with van der Waals surface area (Å²) in [5, 5.41) is 29.7. The fourth-order valence-corrected chi connectivity index (χ4v) is 2.88. The highest BCUT2D eigenvalue weighted by Gasteiger charge is 2.09. The van der Waals surface area contributed by atoms with Crippen LogP contribution in [0.2, 0.25) is 0 Å². The molecule has 13 heteroatoms. The van der Waals surface area contributed by atoms with Crippen LogP contribution in [0, 0.1) is 26.0 Å². The predicted molar refractivity (Wildman–Crippen MR) is 128 cm³/mol. The van der Waals surface area contributed by atoms with Crippen LogP contribution in [0.25, 0.3) is 11.0 Å². The van der Waals surface area contributed by atoms with Gasteiger partial charge in [0.05, 0.1) is 33.3 Å². The Morgan fingerprint density at radius 3 is 1.63 bits per heavy atom. The zero-order valence-electron chi connectivity index (χ0n) is 17.7. The van der Waals surface area contributed by atoms with Gasteiger partial charge in [0.1, 0.15) is 5.82 Å². The molecule has 0 spiro atoms. The smallest absolute Gasteiger partial charge is 0.258 e. The molecule has 0 fully saturated rings. The van der Waals surface area contributed by atoms with Crippen molar-refractivity contribution in [2.24, 2.45) is 10.2 Å². The Morgan fingerprint density at radius 1 is 0.714 bits per heavy atom. The molecule has 4 aromatic rings. The van der Waals surface area contributed by atoms with Crippen molar-refractivity contribution in [2.45, 2.75) is 0 Å². The van der Waals surface area contributed by atoms with Crippen LogP contribution in [0.3, 0.4) is 0 Å². The number of hydrogen-bond acceptors (Lipinski definition) is 10. The number of nitrogens with one attached hydrogen (secondary N) is 2. The zero-order valence-corrected chi connectivity index (χ0v) is 17.7. The van der Waals surface area contributed by atoms with E-state index in [-0.39, 0.29) is 28.5 Å². The minimum absolute atomic E-state index is 0.0416. The van der Waals surface area contributed by atoms with Gasteiger partial charge in [-0.1, -0.05) is 0 Å². The van der Waals surface area contributed by atoms with Gasteiger partial charge in [-0.25, -0.2) is 14.4 Å². The largest absolute Gasteiger partial charge is 0.269 e. The number of fused-ring (bicyclic) bond motifs is 1. The Bertz CT molecular complexity index is 1460. The standard InChI is InChI=1S/C22H15FN8O4/c23-16-5-10-19-20(11-16)27-22(29-25-13-15-3-8-18(9-4-15)31(34)35)21(26-19)28-24-12-14-1-6-17(7-2-14)30(32)33/h1-13H,(H,26,28)(H,27,29). The maximum atomic E-state index is 13.7. The van der Waals surface area contributed by atoms with E-state index in [4.69, 9.17) is 0 Å². The normalized spacial score (nSPS) is 11.2. The van der Waals surface area contributed by atoms with E-state index in [9.17, 15) is 24.6 Å². The van der Waals surface area contributed by atoms with Crippen LogP contribution in [0.1, 0.15) is 11.1 Å². The lowest BCUT2D eigenvalue weighted by Crippen LogP contribution is -2.03. The van der Waals surface area contributed by atoms with Gasteiger partial charge >= 0.3 is 0 Å². The van der Waals surface area contributed by atoms with Crippen LogP contribution in [-0.2, 0) is 0 Å². The van der Waals surface area contributed by atoms with Gasteiger partial charge in [0, 0.05) is 30.3 Å². The van der Waals surface area contributed by atoms with Crippen molar-refractivity contribution in [3.05, 3.63) is 104 Å². The summed E-state index contributed by atoms with van der Waals surface area (Å²) < 4.78 is 13.7. The van der Waals surface area contributed by atoms with E-state index in [1.54, 1.807) is 0 Å². The third-order valence-electron chi connectivity index (χ3n) is 4.60. The maximum absolute atomic E-state index is 13.7. The molecule has 1 aromatic heterocycles. The van der Waals surface area contributed by atoms with Gasteiger partial charge < -0.3 is 0 Å². The van der Waals surface area contributed by atoms with Crippen LogP contribution in [0.4, 0.5) is 27.4 Å². The van der Waals surface area contributed by atoms with Crippen molar-refractivity contribution in [2.75, 3.05) is 10.9 Å². The summed E-state index contributed by atoms with van der Waals surface area (Å²) in [6.45, 7) is 0. The van der Waals surface area contributed by atoms with Crippen LogP contribution in [-0.4, -0.2) is 32.2 Å². The first-order valence-electron chi connectivity index (χ1n) is 9.93. The first kappa shape index (κ1) is 22.8. The van der Waals surface area contributed by atoms with Gasteiger partial charge in [0.15, 0.2) is 11.6 Å². The van der Waals surface area contributed by atoms with Crippen molar-refractivity contribution in [1.82, 2.24) is 9.97 Å². The van der Waals surface area contributed by atoms with Gasteiger partial charge in [0.25, 0.3) is 11.4 Å². The number of non-ortho nitro benzene ring substituents is 2. The van der Waals surface area contributed by atoms with E-state index < -0.39 is 15.7 Å². The molecule has 0 aliphatic heterocycles. The molecule has 1 heterocycles. The number of nitro benzene ring substituents is 2. The molecule has 174 valence electrons. The van der Waals surface area contributed by atoms with Gasteiger partial charge in [-0.3, -0.25) is 31.1 Å². The molecule has 0 unspecified atom stereocenters. The van der Waals surface area contributed by atoms with Crippen LogP contribution < -0.4 is 10.9 Å². The van der Waals surface area contributed by atoms with E-state index in [1.165, 1.54) is 79.2 Å². The molecule has 0 saturated heterocycles. The molecule has 0 saturated carbocycles. The van der Waals surface area contributed by atoms with Crippen molar-refractivity contribution in [3.63, 3.8) is 0 Å². The molecule has 12 nitrogen and oxygen atoms in total. The second-order valence-corrected chi connectivity index (χ2v) is 6.99. The van der Waals surface area contributed by atoms with Gasteiger partial charge in [-0.05, 0) is 47.5 Å². The fraction of sp³-hybridized carbons (Fsp3) is 0.